The van der Waals surface area contributed by atoms with E-state index in [1.807, 2.05) is 30.3 Å². The fourth-order valence-corrected chi connectivity index (χ4v) is 6.22. The molecule has 9 nitrogen and oxygen atoms in total. The van der Waals surface area contributed by atoms with Gasteiger partial charge >= 0.3 is 0 Å². The standard InChI is InChI=1S/C29H30ClN5O4/c30-18-1-3-20(4-2-18)32-12-9-19(31)15-34-13-10-29(11-14-34)17-39-26-22-16-35(24-7-8-25(36)33-27(24)37)28(38)21(22)5-6-23(26)29/h1-6,9,12,24H,7-8,10-11,13-17,31H2,(H,33,36,37). The predicted octanol–water partition coefficient (Wildman–Crippen LogP) is 3.07. The Bertz CT molecular complexity index is 1400. The van der Waals surface area contributed by atoms with Crippen molar-refractivity contribution in [3.05, 3.63) is 69.9 Å². The summed E-state index contributed by atoms with van der Waals surface area (Å²) < 4.78 is 6.27. The minimum atomic E-state index is -0.633. The molecule has 39 heavy (non-hydrogen) atoms. The fourth-order valence-electron chi connectivity index (χ4n) is 6.09. The number of piperidine rings is 2. The van der Waals surface area contributed by atoms with E-state index in [1.54, 1.807) is 23.2 Å². The summed E-state index contributed by atoms with van der Waals surface area (Å²) in [4.78, 5) is 45.5. The molecule has 2 saturated heterocycles. The summed E-state index contributed by atoms with van der Waals surface area (Å²) in [6.07, 6.45) is 5.98. The van der Waals surface area contributed by atoms with Crippen LogP contribution in [0.4, 0.5) is 5.69 Å². The van der Waals surface area contributed by atoms with Gasteiger partial charge in [-0.15, -0.1) is 0 Å². The van der Waals surface area contributed by atoms with Crippen LogP contribution in [0.2, 0.25) is 5.02 Å². The van der Waals surface area contributed by atoms with Crippen molar-refractivity contribution in [1.82, 2.24) is 15.1 Å². The quantitative estimate of drug-likeness (QED) is 0.439. The zero-order chi connectivity index (χ0) is 27.1. The molecule has 2 fully saturated rings. The van der Waals surface area contributed by atoms with Gasteiger partial charge in [0.25, 0.3) is 5.91 Å². The Labute approximate surface area is 231 Å². The number of hydrogen-bond donors (Lipinski definition) is 2. The van der Waals surface area contributed by atoms with Gasteiger partial charge in [0.2, 0.25) is 11.8 Å². The van der Waals surface area contributed by atoms with E-state index in [4.69, 9.17) is 22.1 Å². The number of amides is 3. The molecule has 10 heteroatoms. The van der Waals surface area contributed by atoms with Crippen LogP contribution < -0.4 is 15.8 Å². The van der Waals surface area contributed by atoms with E-state index in [9.17, 15) is 14.4 Å². The van der Waals surface area contributed by atoms with Gasteiger partial charge < -0.3 is 15.4 Å². The summed E-state index contributed by atoms with van der Waals surface area (Å²) in [6, 6.07) is 10.6. The maximum atomic E-state index is 13.2. The zero-order valence-electron chi connectivity index (χ0n) is 21.5. The third-order valence-electron chi connectivity index (χ3n) is 8.29. The number of fused-ring (bicyclic) bond motifs is 4. The van der Waals surface area contributed by atoms with E-state index >= 15 is 0 Å². The van der Waals surface area contributed by atoms with Gasteiger partial charge in [0.15, 0.2) is 0 Å². The Morgan fingerprint density at radius 3 is 2.67 bits per heavy atom. The molecule has 2 aromatic carbocycles. The first kappa shape index (κ1) is 25.6. The molecular weight excluding hydrogens is 518 g/mol. The van der Waals surface area contributed by atoms with Gasteiger partial charge in [-0.2, -0.15) is 0 Å². The van der Waals surface area contributed by atoms with Crippen molar-refractivity contribution in [2.24, 2.45) is 10.7 Å². The minimum absolute atomic E-state index is 0.0967. The lowest BCUT2D eigenvalue weighted by molar-refractivity contribution is -0.136. The molecule has 0 bridgehead atoms. The summed E-state index contributed by atoms with van der Waals surface area (Å²) >= 11 is 5.92. The first-order valence-corrected chi connectivity index (χ1v) is 13.6. The molecule has 0 saturated carbocycles. The Hall–Kier alpha value is -3.69. The average molecular weight is 548 g/mol. The molecule has 3 amide bonds. The van der Waals surface area contributed by atoms with Crippen molar-refractivity contribution >= 4 is 41.2 Å². The molecule has 202 valence electrons. The first-order valence-electron chi connectivity index (χ1n) is 13.2. The van der Waals surface area contributed by atoms with E-state index < -0.39 is 11.9 Å². The van der Waals surface area contributed by atoms with Crippen LogP contribution in [0.1, 0.15) is 47.2 Å². The van der Waals surface area contributed by atoms with Crippen LogP contribution in [-0.4, -0.2) is 66.0 Å². The van der Waals surface area contributed by atoms with Crippen LogP contribution in [0.15, 0.2) is 53.2 Å². The predicted molar refractivity (Wildman–Crippen MR) is 147 cm³/mol. The number of imide groups is 1. The molecule has 6 rings (SSSR count). The highest BCUT2D eigenvalue weighted by Gasteiger charge is 2.47. The molecule has 2 aromatic rings. The highest BCUT2D eigenvalue weighted by atomic mass is 35.5. The van der Waals surface area contributed by atoms with Gasteiger partial charge in [0.1, 0.15) is 11.8 Å². The second kappa shape index (κ2) is 10.1. The Morgan fingerprint density at radius 2 is 1.92 bits per heavy atom. The van der Waals surface area contributed by atoms with Crippen LogP contribution in [-0.2, 0) is 21.5 Å². The number of ether oxygens (including phenoxy) is 1. The van der Waals surface area contributed by atoms with Gasteiger partial charge in [-0.25, -0.2) is 0 Å². The summed E-state index contributed by atoms with van der Waals surface area (Å²) in [5, 5.41) is 3.03. The largest absolute Gasteiger partial charge is 0.492 e. The number of likely N-dealkylation sites (tertiary alicyclic amines) is 1. The first-order chi connectivity index (χ1) is 18.8. The maximum absolute atomic E-state index is 13.2. The van der Waals surface area contributed by atoms with E-state index in [0.29, 0.717) is 36.7 Å². The fraction of sp³-hybridized carbons (Fsp3) is 0.379. The van der Waals surface area contributed by atoms with Crippen LogP contribution in [0.3, 0.4) is 0 Å². The number of nitrogens with two attached hydrogens (primary N) is 1. The van der Waals surface area contributed by atoms with Gasteiger partial charge in [-0.3, -0.25) is 29.6 Å². The molecule has 4 aliphatic rings. The topological polar surface area (TPSA) is 117 Å². The number of halogens is 1. The molecule has 1 unspecified atom stereocenters. The second-order valence-corrected chi connectivity index (χ2v) is 11.1. The lowest BCUT2D eigenvalue weighted by Gasteiger charge is -2.38. The molecule has 1 spiro atoms. The number of allylic oxidation sites excluding steroid dienone is 1. The summed E-state index contributed by atoms with van der Waals surface area (Å²) in [6.45, 7) is 3.33. The number of carbonyl (C=O) groups is 3. The van der Waals surface area contributed by atoms with Crippen LogP contribution in [0.25, 0.3) is 0 Å². The number of rotatable bonds is 5. The lowest BCUT2D eigenvalue weighted by Crippen LogP contribution is -2.52. The Kier molecular flexibility index (Phi) is 6.64. The van der Waals surface area contributed by atoms with E-state index in [1.165, 1.54) is 0 Å². The van der Waals surface area contributed by atoms with Crippen molar-refractivity contribution in [3.8, 4) is 5.75 Å². The molecule has 4 aliphatic heterocycles. The molecular formula is C29H30ClN5O4. The maximum Gasteiger partial charge on any atom is 0.255 e. The molecule has 0 aromatic heterocycles. The number of nitrogens with one attached hydrogen (secondary N) is 1. The van der Waals surface area contributed by atoms with Crippen LogP contribution >= 0.6 is 11.6 Å². The van der Waals surface area contributed by atoms with Gasteiger partial charge in [0, 0.05) is 52.0 Å². The molecule has 0 aliphatic carbocycles. The molecule has 4 heterocycles. The number of carbonyl (C=O) groups excluding carboxylic acids is 3. The van der Waals surface area contributed by atoms with Crippen molar-refractivity contribution in [2.75, 3.05) is 26.2 Å². The molecule has 0 radical (unpaired) electrons. The number of aliphatic imine (C=N–C) groups is 1. The van der Waals surface area contributed by atoms with Crippen molar-refractivity contribution < 1.29 is 19.1 Å². The Balaban J connectivity index is 1.10. The second-order valence-electron chi connectivity index (χ2n) is 10.7. The minimum Gasteiger partial charge on any atom is -0.492 e. The number of benzene rings is 2. The average Bonchev–Trinajstić information content (AvgIpc) is 3.45. The molecule has 3 N–H and O–H groups in total. The van der Waals surface area contributed by atoms with E-state index in [-0.39, 0.29) is 23.7 Å². The van der Waals surface area contributed by atoms with Crippen molar-refractivity contribution in [2.45, 2.75) is 43.7 Å². The monoisotopic (exact) mass is 547 g/mol. The van der Waals surface area contributed by atoms with Crippen molar-refractivity contribution in [3.63, 3.8) is 0 Å². The van der Waals surface area contributed by atoms with Crippen LogP contribution in [0, 0.1) is 0 Å². The summed E-state index contributed by atoms with van der Waals surface area (Å²) in [5.74, 6) is -0.0786. The smallest absolute Gasteiger partial charge is 0.255 e. The van der Waals surface area contributed by atoms with Gasteiger partial charge in [0.05, 0.1) is 18.8 Å². The zero-order valence-corrected chi connectivity index (χ0v) is 22.2. The Morgan fingerprint density at radius 1 is 1.15 bits per heavy atom. The third kappa shape index (κ3) is 4.81. The highest BCUT2D eigenvalue weighted by molar-refractivity contribution is 6.30. The van der Waals surface area contributed by atoms with Crippen molar-refractivity contribution in [1.29, 1.82) is 0 Å². The normalized spacial score (nSPS) is 22.8. The number of nitrogens with zero attached hydrogens (tertiary/aromatic N) is 3. The van der Waals surface area contributed by atoms with E-state index in [2.05, 4.69) is 15.2 Å². The summed E-state index contributed by atoms with van der Waals surface area (Å²) in [5.41, 5.74) is 10.3. The molecule has 1 atom stereocenters. The van der Waals surface area contributed by atoms with Crippen LogP contribution in [0.5, 0.6) is 5.75 Å². The van der Waals surface area contributed by atoms with E-state index in [0.717, 1.165) is 54.2 Å². The lowest BCUT2D eigenvalue weighted by atomic mass is 9.74. The SMILES string of the molecule is NC(=CC=Nc1ccc(Cl)cc1)CN1CCC2(CC1)COc1c2ccc2c1CN(C1CCC(=O)NC1=O)C2=O. The van der Waals surface area contributed by atoms with Gasteiger partial charge in [-0.05, 0) is 68.8 Å². The number of hydrogen-bond acceptors (Lipinski definition) is 7. The summed E-state index contributed by atoms with van der Waals surface area (Å²) in [7, 11) is 0. The third-order valence-corrected chi connectivity index (χ3v) is 8.54. The highest BCUT2D eigenvalue weighted by Crippen LogP contribution is 2.49. The van der Waals surface area contributed by atoms with Gasteiger partial charge in [-0.1, -0.05) is 17.7 Å².